The number of nitrogens with zero attached hydrogens (tertiary/aromatic N) is 1. The topological polar surface area (TPSA) is 57.6 Å². The fraction of sp³-hybridized carbons (Fsp3) is 0.538. The molecule has 4 nitrogen and oxygen atoms in total. The predicted molar refractivity (Wildman–Crippen MR) is 74.6 cm³/mol. The zero-order chi connectivity index (χ0) is 14.0. The average Bonchev–Trinajstić information content (AvgIpc) is 2.39. The highest BCUT2D eigenvalue weighted by molar-refractivity contribution is 7.89. The second-order valence-electron chi connectivity index (χ2n) is 4.96. The van der Waals surface area contributed by atoms with Gasteiger partial charge in [-0.1, -0.05) is 17.7 Å². The van der Waals surface area contributed by atoms with E-state index in [1.54, 1.807) is 25.1 Å². The Labute approximate surface area is 119 Å². The Morgan fingerprint density at radius 3 is 2.84 bits per heavy atom. The predicted octanol–water partition coefficient (Wildman–Crippen LogP) is 2.12. The monoisotopic (exact) mass is 303 g/mol. The van der Waals surface area contributed by atoms with E-state index >= 15 is 0 Å². The van der Waals surface area contributed by atoms with E-state index in [0.29, 0.717) is 18.1 Å². The van der Waals surface area contributed by atoms with Gasteiger partial charge in [0.05, 0.1) is 11.0 Å². The van der Waals surface area contributed by atoms with Gasteiger partial charge in [-0.3, -0.25) is 0 Å². The van der Waals surface area contributed by atoms with Crippen LogP contribution in [0.15, 0.2) is 29.2 Å². The molecule has 1 aliphatic rings. The summed E-state index contributed by atoms with van der Waals surface area (Å²) in [5.74, 6) is 0.00251. The summed E-state index contributed by atoms with van der Waals surface area (Å²) < 4.78 is 26.4. The van der Waals surface area contributed by atoms with Crippen molar-refractivity contribution in [3.8, 4) is 0 Å². The van der Waals surface area contributed by atoms with Gasteiger partial charge >= 0.3 is 0 Å². The van der Waals surface area contributed by atoms with Gasteiger partial charge in [0, 0.05) is 18.1 Å². The van der Waals surface area contributed by atoms with Gasteiger partial charge < -0.3 is 5.11 Å². The lowest BCUT2D eigenvalue weighted by atomic mass is 9.95. The Morgan fingerprint density at radius 2 is 2.21 bits per heavy atom. The third kappa shape index (κ3) is 3.28. The minimum atomic E-state index is -3.51. The van der Waals surface area contributed by atoms with Crippen molar-refractivity contribution in [1.82, 2.24) is 4.31 Å². The summed E-state index contributed by atoms with van der Waals surface area (Å²) in [5.41, 5.74) is 0. The molecule has 0 aliphatic carbocycles. The molecule has 1 aromatic rings. The molecule has 0 saturated carbocycles. The molecule has 2 atom stereocenters. The molecule has 1 heterocycles. The van der Waals surface area contributed by atoms with Crippen LogP contribution >= 0.6 is 11.6 Å². The second kappa shape index (κ2) is 5.79. The molecule has 2 rings (SSSR count). The molecular formula is C13H18ClNO3S. The van der Waals surface area contributed by atoms with Crippen LogP contribution in [0.2, 0.25) is 5.02 Å². The van der Waals surface area contributed by atoms with Crippen molar-refractivity contribution in [2.75, 3.05) is 13.1 Å². The summed E-state index contributed by atoms with van der Waals surface area (Å²) in [6.45, 7) is 2.57. The zero-order valence-corrected chi connectivity index (χ0v) is 12.4. The number of piperidine rings is 1. The van der Waals surface area contributed by atoms with Crippen molar-refractivity contribution in [1.29, 1.82) is 0 Å². The van der Waals surface area contributed by atoms with Crippen LogP contribution in [0.5, 0.6) is 0 Å². The summed E-state index contributed by atoms with van der Waals surface area (Å²) in [5, 5.41) is 10.0. The highest BCUT2D eigenvalue weighted by Crippen LogP contribution is 2.26. The maximum atomic E-state index is 12.5. The lowest BCUT2D eigenvalue weighted by molar-refractivity contribution is 0.0885. The molecule has 1 aromatic carbocycles. The fourth-order valence-corrected chi connectivity index (χ4v) is 4.20. The Kier molecular flexibility index (Phi) is 4.50. The summed E-state index contributed by atoms with van der Waals surface area (Å²) in [7, 11) is -3.51. The van der Waals surface area contributed by atoms with Crippen molar-refractivity contribution < 1.29 is 13.5 Å². The van der Waals surface area contributed by atoms with Gasteiger partial charge in [0.25, 0.3) is 0 Å². The molecule has 0 radical (unpaired) electrons. The van der Waals surface area contributed by atoms with Gasteiger partial charge in [0.1, 0.15) is 0 Å². The Bertz CT molecular complexity index is 545. The maximum absolute atomic E-state index is 12.5. The number of hydrogen-bond acceptors (Lipinski definition) is 3. The molecule has 1 aliphatic heterocycles. The van der Waals surface area contributed by atoms with Crippen LogP contribution in [-0.2, 0) is 10.0 Å². The largest absolute Gasteiger partial charge is 0.393 e. The molecule has 1 fully saturated rings. The molecule has 1 N–H and O–H groups in total. The summed E-state index contributed by atoms with van der Waals surface area (Å²) in [6, 6.07) is 6.29. The summed E-state index contributed by atoms with van der Waals surface area (Å²) in [6.07, 6.45) is 1.14. The summed E-state index contributed by atoms with van der Waals surface area (Å²) in [4.78, 5) is 0.214. The van der Waals surface area contributed by atoms with Crippen LogP contribution in [0.3, 0.4) is 0 Å². The molecule has 1 saturated heterocycles. The van der Waals surface area contributed by atoms with Crippen LogP contribution in [-0.4, -0.2) is 37.0 Å². The molecule has 106 valence electrons. The van der Waals surface area contributed by atoms with Gasteiger partial charge in [-0.15, -0.1) is 0 Å². The van der Waals surface area contributed by atoms with E-state index in [4.69, 9.17) is 11.6 Å². The molecule has 6 heteroatoms. The van der Waals surface area contributed by atoms with Gasteiger partial charge in [-0.25, -0.2) is 8.42 Å². The molecule has 19 heavy (non-hydrogen) atoms. The first-order chi connectivity index (χ1) is 8.91. The first-order valence-corrected chi connectivity index (χ1v) is 8.17. The van der Waals surface area contributed by atoms with Crippen molar-refractivity contribution in [2.24, 2.45) is 5.92 Å². The summed E-state index contributed by atoms with van der Waals surface area (Å²) >= 11 is 5.85. The molecule has 0 amide bonds. The van der Waals surface area contributed by atoms with E-state index in [9.17, 15) is 13.5 Å². The number of sulfonamides is 1. The molecule has 0 spiro atoms. The normalized spacial score (nSPS) is 23.2. The van der Waals surface area contributed by atoms with Crippen LogP contribution in [0.4, 0.5) is 0 Å². The lowest BCUT2D eigenvalue weighted by Gasteiger charge is -2.33. The van der Waals surface area contributed by atoms with E-state index in [2.05, 4.69) is 0 Å². The number of aliphatic hydroxyl groups is 1. The molecule has 0 bridgehead atoms. The Balaban J connectivity index is 2.24. The highest BCUT2D eigenvalue weighted by atomic mass is 35.5. The van der Waals surface area contributed by atoms with Crippen LogP contribution in [0.25, 0.3) is 0 Å². The standard InChI is InChI=1S/C13H18ClNO3S/c1-10(16)11-4-3-7-15(9-11)19(17,18)13-6-2-5-12(14)8-13/h2,5-6,8,10-11,16H,3-4,7,9H2,1H3. The van der Waals surface area contributed by atoms with Gasteiger partial charge in [-0.05, 0) is 43.9 Å². The Hall–Kier alpha value is -0.620. The van der Waals surface area contributed by atoms with Gasteiger partial charge in [0.15, 0.2) is 0 Å². The fourth-order valence-electron chi connectivity index (χ4n) is 2.36. The van der Waals surface area contributed by atoms with E-state index in [-0.39, 0.29) is 10.8 Å². The first kappa shape index (κ1) is 14.8. The SMILES string of the molecule is CC(O)C1CCCN(S(=O)(=O)c2cccc(Cl)c2)C1. The molecule has 2 unspecified atom stereocenters. The van der Waals surface area contributed by atoms with E-state index in [1.165, 1.54) is 10.4 Å². The second-order valence-corrected chi connectivity index (χ2v) is 7.34. The van der Waals surface area contributed by atoms with Crippen molar-refractivity contribution in [3.05, 3.63) is 29.3 Å². The maximum Gasteiger partial charge on any atom is 0.243 e. The van der Waals surface area contributed by atoms with Gasteiger partial charge in [-0.2, -0.15) is 4.31 Å². The zero-order valence-electron chi connectivity index (χ0n) is 10.8. The van der Waals surface area contributed by atoms with Crippen LogP contribution < -0.4 is 0 Å². The number of hydrogen-bond donors (Lipinski definition) is 1. The number of benzene rings is 1. The smallest absolute Gasteiger partial charge is 0.243 e. The third-order valence-electron chi connectivity index (χ3n) is 3.54. The first-order valence-electron chi connectivity index (χ1n) is 6.35. The van der Waals surface area contributed by atoms with Crippen molar-refractivity contribution >= 4 is 21.6 Å². The van der Waals surface area contributed by atoms with E-state index < -0.39 is 16.1 Å². The van der Waals surface area contributed by atoms with E-state index in [1.807, 2.05) is 0 Å². The minimum Gasteiger partial charge on any atom is -0.393 e. The minimum absolute atomic E-state index is 0.00251. The number of halogens is 1. The quantitative estimate of drug-likeness (QED) is 0.930. The number of aliphatic hydroxyl groups excluding tert-OH is 1. The highest BCUT2D eigenvalue weighted by Gasteiger charge is 2.31. The lowest BCUT2D eigenvalue weighted by Crippen LogP contribution is -2.42. The average molecular weight is 304 g/mol. The Morgan fingerprint density at radius 1 is 1.47 bits per heavy atom. The molecule has 0 aromatic heterocycles. The van der Waals surface area contributed by atoms with Crippen molar-refractivity contribution in [2.45, 2.75) is 30.8 Å². The van der Waals surface area contributed by atoms with Crippen LogP contribution in [0.1, 0.15) is 19.8 Å². The van der Waals surface area contributed by atoms with Crippen LogP contribution in [0, 0.1) is 5.92 Å². The molecular weight excluding hydrogens is 286 g/mol. The van der Waals surface area contributed by atoms with Crippen molar-refractivity contribution in [3.63, 3.8) is 0 Å². The van der Waals surface area contributed by atoms with Gasteiger partial charge in [0.2, 0.25) is 10.0 Å². The van der Waals surface area contributed by atoms with E-state index in [0.717, 1.165) is 12.8 Å². The number of rotatable bonds is 3. The third-order valence-corrected chi connectivity index (χ3v) is 5.63.